The summed E-state index contributed by atoms with van der Waals surface area (Å²) in [6.07, 6.45) is 7.80. The monoisotopic (exact) mass is 814 g/mol. The number of H-pyrrole nitrogens is 2. The molecule has 8 N–H and O–H groups in total. The molecule has 7 aromatic rings. The Kier molecular flexibility index (Phi) is 9.72. The first kappa shape index (κ1) is 38.9. The maximum Gasteiger partial charge on any atom is 0.253 e. The number of fused-ring (bicyclic) bond motifs is 8. The molecule has 0 atom stereocenters. The van der Waals surface area contributed by atoms with Crippen molar-refractivity contribution in [3.8, 4) is 44.5 Å². The maximum atomic E-state index is 12.9. The third-order valence-electron chi connectivity index (χ3n) is 11.0. The first-order chi connectivity index (χ1) is 29.9. The number of nitrogens with zero attached hydrogens (tertiary/aromatic N) is 3. The largest absolute Gasteiger partial charge is 0.366 e. The molecule has 0 saturated heterocycles. The highest BCUT2D eigenvalue weighted by atomic mass is 16.2. The quantitative estimate of drug-likeness (QED) is 0.102. The molecule has 302 valence electrons. The van der Waals surface area contributed by atoms with E-state index in [2.05, 4.69) is 9.97 Å². The van der Waals surface area contributed by atoms with E-state index in [1.54, 1.807) is 62.6 Å². The molecular weight excluding hydrogens is 777 g/mol. The number of aromatic amines is 2. The minimum absolute atomic E-state index is 0.117. The summed E-state index contributed by atoms with van der Waals surface area (Å²) < 4.78 is 0. The standard InChI is InChI=1S/C50H38N8O4/c1-58(2)50(62)34-17-9-30(10-18-34)46-41-25-23-39(56-41)44(28-5-13-32(14-6-28)48(52)60)37-21-19-35(54-37)43(27-3-11-31(12-4-27)47(51)59)36-20-22-38(55-36)45(40-24-26-42(46)57-40)29-7-15-33(16-8-29)49(53)61/h3-26,54,57H,1-2H3,(H2,51,59)(H2,52,60)(H2,53,61). The molecule has 0 saturated carbocycles. The van der Waals surface area contributed by atoms with E-state index in [0.717, 1.165) is 66.6 Å². The van der Waals surface area contributed by atoms with Crippen LogP contribution >= 0.6 is 0 Å². The average molecular weight is 815 g/mol. The number of carbonyl (C=O) groups excluding carboxylic acids is 4. The molecule has 62 heavy (non-hydrogen) atoms. The Hall–Kier alpha value is -8.64. The Morgan fingerprint density at radius 2 is 0.629 bits per heavy atom. The van der Waals surface area contributed by atoms with E-state index in [1.807, 2.05) is 97.1 Å². The third-order valence-corrected chi connectivity index (χ3v) is 11.0. The molecule has 2 aliphatic heterocycles. The topological polar surface area (TPSA) is 207 Å². The van der Waals surface area contributed by atoms with Crippen LogP contribution in [-0.2, 0) is 0 Å². The third kappa shape index (κ3) is 7.11. The summed E-state index contributed by atoms with van der Waals surface area (Å²) in [5, 5.41) is 0. The fourth-order valence-electron chi connectivity index (χ4n) is 7.86. The van der Waals surface area contributed by atoms with E-state index in [9.17, 15) is 19.2 Å². The Bertz CT molecular complexity index is 3170. The second kappa shape index (κ2) is 15.5. The summed E-state index contributed by atoms with van der Waals surface area (Å²) in [5.41, 5.74) is 30.3. The zero-order valence-corrected chi connectivity index (χ0v) is 33.6. The van der Waals surface area contributed by atoms with Crippen molar-refractivity contribution in [2.75, 3.05) is 14.1 Å². The second-order valence-electron chi connectivity index (χ2n) is 15.1. The van der Waals surface area contributed by atoms with E-state index >= 15 is 0 Å². The lowest BCUT2D eigenvalue weighted by molar-refractivity contribution is 0.0826. The zero-order valence-electron chi connectivity index (χ0n) is 33.6. The lowest BCUT2D eigenvalue weighted by atomic mass is 10.0. The SMILES string of the molecule is CN(C)C(=O)c1ccc(-c2c3nc(c(-c4ccc(C(N)=O)cc4)c4ccc([nH]4)c(-c4ccc(C(N)=O)cc4)c4nc(c(-c5ccc(C(N)=O)cc5)c5ccc2[nH]5)C=C4)C=C3)cc1. The maximum absolute atomic E-state index is 12.9. The minimum atomic E-state index is -0.539. The van der Waals surface area contributed by atoms with E-state index in [-0.39, 0.29) is 5.91 Å². The first-order valence-electron chi connectivity index (χ1n) is 19.6. The van der Waals surface area contributed by atoms with Crippen molar-refractivity contribution >= 4 is 70.0 Å². The number of primary amides is 3. The molecule has 0 unspecified atom stereocenters. The van der Waals surface area contributed by atoms with Gasteiger partial charge in [-0.15, -0.1) is 0 Å². The lowest BCUT2D eigenvalue weighted by Crippen LogP contribution is -2.21. The predicted molar refractivity (Wildman–Crippen MR) is 244 cm³/mol. The molecule has 3 aromatic heterocycles. The summed E-state index contributed by atoms with van der Waals surface area (Å²) >= 11 is 0. The first-order valence-corrected chi connectivity index (χ1v) is 19.6. The van der Waals surface area contributed by atoms with Crippen molar-refractivity contribution in [3.05, 3.63) is 166 Å². The van der Waals surface area contributed by atoms with E-state index in [0.29, 0.717) is 45.0 Å². The van der Waals surface area contributed by atoms with Gasteiger partial charge in [0.25, 0.3) is 5.91 Å². The average Bonchev–Trinajstić information content (AvgIpc) is 4.12. The van der Waals surface area contributed by atoms with Gasteiger partial charge in [-0.1, -0.05) is 48.5 Å². The van der Waals surface area contributed by atoms with Gasteiger partial charge in [0.15, 0.2) is 0 Å². The molecule has 8 bridgehead atoms. The highest BCUT2D eigenvalue weighted by Gasteiger charge is 2.20. The van der Waals surface area contributed by atoms with Gasteiger partial charge in [-0.25, -0.2) is 9.97 Å². The zero-order chi connectivity index (χ0) is 43.2. The van der Waals surface area contributed by atoms with Crippen molar-refractivity contribution in [1.82, 2.24) is 24.8 Å². The van der Waals surface area contributed by atoms with Gasteiger partial charge >= 0.3 is 0 Å². The normalized spacial score (nSPS) is 11.7. The van der Waals surface area contributed by atoms with Crippen LogP contribution in [0.3, 0.4) is 0 Å². The highest BCUT2D eigenvalue weighted by molar-refractivity contribution is 6.02. The van der Waals surface area contributed by atoms with Crippen LogP contribution in [0.5, 0.6) is 0 Å². The predicted octanol–water partition coefficient (Wildman–Crippen LogP) is 8.32. The van der Waals surface area contributed by atoms with Crippen molar-refractivity contribution in [2.24, 2.45) is 17.2 Å². The molecule has 0 aliphatic carbocycles. The summed E-state index contributed by atoms with van der Waals surface area (Å²) in [7, 11) is 3.43. The summed E-state index contributed by atoms with van der Waals surface area (Å²) in [6.45, 7) is 0. The van der Waals surface area contributed by atoms with Crippen molar-refractivity contribution in [2.45, 2.75) is 0 Å². The van der Waals surface area contributed by atoms with Crippen LogP contribution in [-0.4, -0.2) is 62.6 Å². The number of amides is 4. The molecule has 0 radical (unpaired) electrons. The molecule has 4 aromatic carbocycles. The van der Waals surface area contributed by atoms with E-state index in [1.165, 1.54) is 4.90 Å². The number of nitrogens with two attached hydrogens (primary N) is 3. The van der Waals surface area contributed by atoms with Gasteiger partial charge in [-0.3, -0.25) is 19.2 Å². The fourth-order valence-corrected chi connectivity index (χ4v) is 7.86. The molecule has 5 heterocycles. The number of carbonyl (C=O) groups is 4. The van der Waals surface area contributed by atoms with Gasteiger partial charge in [-0.05, 0) is 119 Å². The number of aromatic nitrogens is 4. The Balaban J connectivity index is 1.42. The second-order valence-corrected chi connectivity index (χ2v) is 15.1. The molecule has 12 nitrogen and oxygen atoms in total. The van der Waals surface area contributed by atoms with Crippen LogP contribution < -0.4 is 17.2 Å². The van der Waals surface area contributed by atoms with Crippen LogP contribution in [0.2, 0.25) is 0 Å². The molecule has 4 amide bonds. The van der Waals surface area contributed by atoms with E-state index < -0.39 is 17.7 Å². The summed E-state index contributed by atoms with van der Waals surface area (Å²) in [6, 6.07) is 36.5. The van der Waals surface area contributed by atoms with Gasteiger partial charge in [0.1, 0.15) is 0 Å². The van der Waals surface area contributed by atoms with Crippen LogP contribution in [0.4, 0.5) is 0 Å². The van der Waals surface area contributed by atoms with Crippen LogP contribution in [0.15, 0.2) is 121 Å². The Morgan fingerprint density at radius 3 is 0.855 bits per heavy atom. The van der Waals surface area contributed by atoms with Crippen LogP contribution in [0, 0.1) is 0 Å². The van der Waals surface area contributed by atoms with Crippen molar-refractivity contribution < 1.29 is 19.2 Å². The summed E-state index contributed by atoms with van der Waals surface area (Å²) in [4.78, 5) is 68.6. The van der Waals surface area contributed by atoms with Gasteiger partial charge < -0.3 is 32.1 Å². The van der Waals surface area contributed by atoms with Crippen LogP contribution in [0.1, 0.15) is 64.2 Å². The van der Waals surface area contributed by atoms with Gasteiger partial charge in [0, 0.05) is 80.7 Å². The Labute approximate surface area is 355 Å². The molecule has 0 fully saturated rings. The minimum Gasteiger partial charge on any atom is -0.366 e. The number of hydrogen-bond donors (Lipinski definition) is 5. The van der Waals surface area contributed by atoms with Crippen molar-refractivity contribution in [3.63, 3.8) is 0 Å². The van der Waals surface area contributed by atoms with E-state index in [4.69, 9.17) is 27.2 Å². The van der Waals surface area contributed by atoms with Gasteiger partial charge in [-0.2, -0.15) is 0 Å². The Morgan fingerprint density at radius 1 is 0.387 bits per heavy atom. The number of hydrogen-bond acceptors (Lipinski definition) is 6. The molecule has 12 heteroatoms. The smallest absolute Gasteiger partial charge is 0.253 e. The number of rotatable bonds is 8. The van der Waals surface area contributed by atoms with Gasteiger partial charge in [0.2, 0.25) is 17.7 Å². The van der Waals surface area contributed by atoms with Gasteiger partial charge in [0.05, 0.1) is 22.8 Å². The van der Waals surface area contributed by atoms with Crippen LogP contribution in [0.25, 0.3) is 90.9 Å². The number of nitrogens with one attached hydrogen (secondary N) is 2. The molecule has 9 rings (SSSR count). The summed E-state index contributed by atoms with van der Waals surface area (Å²) in [5.74, 6) is -1.73. The molecular formula is C50H38N8O4. The lowest BCUT2D eigenvalue weighted by Gasteiger charge is -2.11. The fraction of sp³-hybridized carbons (Fsp3) is 0.0400. The molecule has 2 aliphatic rings. The highest BCUT2D eigenvalue weighted by Crippen LogP contribution is 2.38. The van der Waals surface area contributed by atoms with Crippen molar-refractivity contribution in [1.29, 1.82) is 0 Å². The number of benzene rings is 4. The molecule has 0 spiro atoms.